The van der Waals surface area contributed by atoms with E-state index in [-0.39, 0.29) is 22.2 Å². The third-order valence-corrected chi connectivity index (χ3v) is 2.96. The molecule has 0 radical (unpaired) electrons. The van der Waals surface area contributed by atoms with Gasteiger partial charge < -0.3 is 15.5 Å². The Labute approximate surface area is 119 Å². The molecule has 2 rings (SSSR count). The molecule has 0 aromatic heterocycles. The van der Waals surface area contributed by atoms with Gasteiger partial charge in [0.15, 0.2) is 0 Å². The van der Waals surface area contributed by atoms with Crippen LogP contribution in [0.1, 0.15) is 19.4 Å². The van der Waals surface area contributed by atoms with E-state index in [0.29, 0.717) is 16.5 Å². The Morgan fingerprint density at radius 2 is 2.20 bits per heavy atom. The number of rotatable bonds is 3. The highest BCUT2D eigenvalue weighted by molar-refractivity contribution is 6.45. The molecule has 104 valence electrons. The van der Waals surface area contributed by atoms with Crippen LogP contribution in [0.4, 0.5) is 0 Å². The molecule has 0 aliphatic carbocycles. The number of benzene rings is 1. The Bertz CT molecular complexity index is 749. The van der Waals surface area contributed by atoms with Gasteiger partial charge in [0.05, 0.1) is 22.8 Å². The summed E-state index contributed by atoms with van der Waals surface area (Å²) < 4.78 is 5.53. The predicted octanol–water partition coefficient (Wildman–Crippen LogP) is 0.867. The molecule has 20 heavy (non-hydrogen) atoms. The first kappa shape index (κ1) is 14.1. The summed E-state index contributed by atoms with van der Waals surface area (Å²) in [6, 6.07) is 2.96. The van der Waals surface area contributed by atoms with Crippen LogP contribution in [0.2, 0.25) is 0 Å². The van der Waals surface area contributed by atoms with E-state index in [0.717, 1.165) is 0 Å². The number of nitro groups is 1. The first-order valence-corrected chi connectivity index (χ1v) is 6.21. The number of halogens is 1. The van der Waals surface area contributed by atoms with Crippen molar-refractivity contribution in [2.24, 2.45) is 0 Å². The minimum absolute atomic E-state index is 0.124. The van der Waals surface area contributed by atoms with Crippen LogP contribution in [0.15, 0.2) is 18.3 Å². The minimum Gasteiger partial charge on any atom is -0.763 e. The van der Waals surface area contributed by atoms with Crippen molar-refractivity contribution < 1.29 is 9.66 Å². The van der Waals surface area contributed by atoms with Crippen molar-refractivity contribution in [3.63, 3.8) is 0 Å². The lowest BCUT2D eigenvalue weighted by Crippen LogP contribution is -2.28. The van der Waals surface area contributed by atoms with Gasteiger partial charge >= 0.3 is 0 Å². The van der Waals surface area contributed by atoms with Gasteiger partial charge in [0, 0.05) is 10.4 Å². The normalized spacial score (nSPS) is 13.2. The molecule has 1 aromatic rings. The Hall–Kier alpha value is -2.30. The second kappa shape index (κ2) is 5.36. The number of nitrogens with one attached hydrogen (secondary N) is 1. The number of hydrogen-bond acceptors (Lipinski definition) is 4. The van der Waals surface area contributed by atoms with Crippen molar-refractivity contribution in [3.8, 4) is 5.75 Å². The Balaban J connectivity index is 2.76. The van der Waals surface area contributed by atoms with E-state index in [1.165, 1.54) is 12.3 Å². The highest BCUT2D eigenvalue weighted by Gasteiger charge is 2.22. The molecule has 0 amide bonds. The van der Waals surface area contributed by atoms with E-state index < -0.39 is 4.92 Å². The van der Waals surface area contributed by atoms with E-state index in [1.54, 1.807) is 6.07 Å². The van der Waals surface area contributed by atoms with Crippen molar-refractivity contribution >= 4 is 28.3 Å². The smallest absolute Gasteiger partial charge is 0.293 e. The highest BCUT2D eigenvalue weighted by Crippen LogP contribution is 2.17. The van der Waals surface area contributed by atoms with Crippen molar-refractivity contribution in [2.75, 3.05) is 0 Å². The number of hydrogen-bond donors (Lipinski definition) is 1. The maximum Gasteiger partial charge on any atom is 0.293 e. The van der Waals surface area contributed by atoms with Crippen LogP contribution in [-0.2, 0) is 0 Å². The summed E-state index contributed by atoms with van der Waals surface area (Å²) in [6.07, 6.45) is 1.08. The molecule has 0 unspecified atom stereocenters. The number of ether oxygens (including phenoxy) is 1. The molecule has 0 atom stereocenters. The zero-order chi connectivity index (χ0) is 14.9. The Kier molecular flexibility index (Phi) is 3.79. The molecular weight excluding hydrogens is 282 g/mol. The van der Waals surface area contributed by atoms with Gasteiger partial charge in [0.1, 0.15) is 10.9 Å². The molecule has 1 aliphatic rings. The van der Waals surface area contributed by atoms with Crippen LogP contribution in [0.25, 0.3) is 16.3 Å². The lowest BCUT2D eigenvalue weighted by molar-refractivity contribution is -0.375. The number of fused-ring (bicyclic) bond motifs is 1. The molecule has 0 fully saturated rings. The zero-order valence-corrected chi connectivity index (χ0v) is 11.6. The van der Waals surface area contributed by atoms with Crippen LogP contribution in [0, 0.1) is 10.1 Å². The zero-order valence-electron chi connectivity index (χ0n) is 10.8. The third-order valence-electron chi connectivity index (χ3n) is 2.65. The van der Waals surface area contributed by atoms with Crippen molar-refractivity contribution in [1.29, 1.82) is 0 Å². The lowest BCUT2D eigenvalue weighted by atomic mass is 10.1. The van der Waals surface area contributed by atoms with Crippen molar-refractivity contribution in [1.82, 2.24) is 5.32 Å². The van der Waals surface area contributed by atoms with Gasteiger partial charge in [-0.3, -0.25) is 16.0 Å². The van der Waals surface area contributed by atoms with E-state index in [4.69, 9.17) is 21.7 Å². The summed E-state index contributed by atoms with van der Waals surface area (Å²) in [4.78, 5) is 10.5. The van der Waals surface area contributed by atoms with E-state index in [1.807, 2.05) is 19.7 Å². The van der Waals surface area contributed by atoms with E-state index >= 15 is 0 Å². The quantitative estimate of drug-likeness (QED) is 0.387. The second-order valence-corrected chi connectivity index (χ2v) is 4.80. The van der Waals surface area contributed by atoms with E-state index in [9.17, 15) is 10.1 Å². The highest BCUT2D eigenvalue weighted by atomic mass is 35.5. The largest absolute Gasteiger partial charge is 0.763 e. The molecule has 1 heterocycles. The molecule has 0 bridgehead atoms. The van der Waals surface area contributed by atoms with Crippen LogP contribution in [-0.4, -0.2) is 16.9 Å². The van der Waals surface area contributed by atoms with Crippen LogP contribution >= 0.6 is 11.6 Å². The molecule has 1 N–H and O–H groups in total. The fourth-order valence-electron chi connectivity index (χ4n) is 1.85. The standard InChI is InChI=1S/C13H11ClN3O3/c1-7(2)20-12-4-10-9(3-8(12)5-15)11(17(18)19)6-16-13(10)14/h3-4,6-7,16H,1-2H3/q-1. The Morgan fingerprint density at radius 3 is 2.75 bits per heavy atom. The van der Waals surface area contributed by atoms with Crippen LogP contribution in [0.5, 0.6) is 5.75 Å². The Morgan fingerprint density at radius 1 is 1.50 bits per heavy atom. The summed E-state index contributed by atoms with van der Waals surface area (Å²) in [6.45, 7) is 3.65. The molecule has 0 saturated carbocycles. The summed E-state index contributed by atoms with van der Waals surface area (Å²) >= 11 is 6.02. The third kappa shape index (κ3) is 2.52. The van der Waals surface area contributed by atoms with Gasteiger partial charge in [-0.2, -0.15) is 0 Å². The van der Waals surface area contributed by atoms with Gasteiger partial charge in [-0.25, -0.2) is 0 Å². The molecule has 1 aromatic carbocycles. The SMILES string of the molecule is CC(C)Oc1cc2c(cc1=C=[N-])C([N+](=O)[O-])=CNC=2Cl. The summed E-state index contributed by atoms with van der Waals surface area (Å²) in [5.74, 6) is 2.33. The fourth-order valence-corrected chi connectivity index (χ4v) is 2.06. The first-order chi connectivity index (χ1) is 9.43. The second-order valence-electron chi connectivity index (χ2n) is 4.42. The summed E-state index contributed by atoms with van der Waals surface area (Å²) in [7, 11) is 0. The van der Waals surface area contributed by atoms with Crippen LogP contribution in [0.3, 0.4) is 0 Å². The molecule has 0 saturated heterocycles. The minimum atomic E-state index is -0.528. The summed E-state index contributed by atoms with van der Waals surface area (Å²) in [5.41, 5.74) is 0.156. The van der Waals surface area contributed by atoms with Crippen molar-refractivity contribution in [2.45, 2.75) is 20.0 Å². The van der Waals surface area contributed by atoms with Gasteiger partial charge in [-0.15, -0.1) is 0 Å². The average molecular weight is 293 g/mol. The predicted molar refractivity (Wildman–Crippen MR) is 76.3 cm³/mol. The topological polar surface area (TPSA) is 86.7 Å². The maximum absolute atomic E-state index is 11.0. The molecule has 1 aliphatic heterocycles. The van der Waals surface area contributed by atoms with Crippen molar-refractivity contribution in [3.05, 3.63) is 49.9 Å². The van der Waals surface area contributed by atoms with E-state index in [2.05, 4.69) is 5.32 Å². The molecule has 7 heteroatoms. The monoisotopic (exact) mass is 292 g/mol. The molecule has 0 spiro atoms. The lowest BCUT2D eigenvalue weighted by Gasteiger charge is -2.14. The summed E-state index contributed by atoms with van der Waals surface area (Å²) in [5, 5.41) is 23.7. The number of nitrogens with zero attached hydrogens (tertiary/aromatic N) is 2. The van der Waals surface area contributed by atoms with Gasteiger partial charge in [0.2, 0.25) is 0 Å². The molecule has 6 nitrogen and oxygen atoms in total. The fraction of sp³-hybridized carbons (Fsp3) is 0.231. The molecular formula is C13H11ClN3O3-. The van der Waals surface area contributed by atoms with Gasteiger partial charge in [-0.1, -0.05) is 11.6 Å². The first-order valence-electron chi connectivity index (χ1n) is 5.83. The average Bonchev–Trinajstić information content (AvgIpc) is 2.38. The van der Waals surface area contributed by atoms with Crippen LogP contribution < -0.4 is 20.5 Å². The van der Waals surface area contributed by atoms with Gasteiger partial charge in [0.25, 0.3) is 5.70 Å². The maximum atomic E-state index is 11.0. The van der Waals surface area contributed by atoms with Gasteiger partial charge in [-0.05, 0) is 26.0 Å².